The predicted octanol–water partition coefficient (Wildman–Crippen LogP) is 4.90. The third-order valence-corrected chi connectivity index (χ3v) is 6.22. The number of aromatic amines is 1. The minimum absolute atomic E-state index is 0.289. The van der Waals surface area contributed by atoms with Crippen molar-refractivity contribution in [3.8, 4) is 0 Å². The highest BCUT2D eigenvalue weighted by Crippen LogP contribution is 2.19. The number of nitrogens with one attached hydrogen (secondary N) is 2. The van der Waals surface area contributed by atoms with Gasteiger partial charge in [-0.05, 0) is 54.3 Å². The Morgan fingerprint density at radius 3 is 2.51 bits per heavy atom. The summed E-state index contributed by atoms with van der Waals surface area (Å²) in [4.78, 5) is 29.3. The maximum atomic E-state index is 12.5. The average molecular weight is 498 g/mol. The number of carbonyl (C=O) groups is 2. The van der Waals surface area contributed by atoms with E-state index < -0.39 is 5.91 Å². The lowest BCUT2D eigenvalue weighted by Crippen LogP contribution is -2.30. The molecular weight excluding hydrogens is 466 g/mol. The van der Waals surface area contributed by atoms with Crippen molar-refractivity contribution in [2.24, 2.45) is 0 Å². The molecule has 4 aromatic rings. The number of esters is 1. The van der Waals surface area contributed by atoms with E-state index in [0.717, 1.165) is 35.2 Å². The van der Waals surface area contributed by atoms with Crippen LogP contribution in [0.4, 0.5) is 0 Å². The third-order valence-electron chi connectivity index (χ3n) is 6.22. The Morgan fingerprint density at radius 1 is 1.00 bits per heavy atom. The Balaban J connectivity index is 1.40. The van der Waals surface area contributed by atoms with Crippen LogP contribution in [0.3, 0.4) is 0 Å². The van der Waals surface area contributed by atoms with Crippen LogP contribution in [0.5, 0.6) is 0 Å². The zero-order chi connectivity index (χ0) is 26.0. The highest BCUT2D eigenvalue weighted by molar-refractivity contribution is 5.91. The highest BCUT2D eigenvalue weighted by atomic mass is 16.5. The summed E-state index contributed by atoms with van der Waals surface area (Å²) in [5, 5.41) is 9.84. The number of para-hydroxylation sites is 1. The molecule has 0 unspecified atom stereocenters. The Morgan fingerprint density at radius 2 is 1.76 bits per heavy atom. The van der Waals surface area contributed by atoms with Crippen LogP contribution in [0.25, 0.3) is 17.0 Å². The second kappa shape index (κ2) is 12.7. The van der Waals surface area contributed by atoms with Crippen molar-refractivity contribution in [2.75, 3.05) is 19.7 Å². The molecule has 0 aliphatic rings. The fourth-order valence-electron chi connectivity index (χ4n) is 4.13. The Labute approximate surface area is 216 Å². The van der Waals surface area contributed by atoms with Crippen LogP contribution in [0, 0.1) is 6.92 Å². The second-order valence-electron chi connectivity index (χ2n) is 8.94. The van der Waals surface area contributed by atoms with E-state index in [1.54, 1.807) is 23.7 Å². The van der Waals surface area contributed by atoms with E-state index in [1.807, 2.05) is 55.5 Å². The van der Waals surface area contributed by atoms with Gasteiger partial charge < -0.3 is 9.72 Å². The summed E-state index contributed by atoms with van der Waals surface area (Å²) >= 11 is 0. The first kappa shape index (κ1) is 25.9. The SMILES string of the molecule is Cc1ccc(C(=O)OCCN(CCc2c[nH]c3ccccc23)Cc2ccc(/C=C/C(=O)NO)cc2)cc1. The number of fused-ring (bicyclic) bond motifs is 1. The summed E-state index contributed by atoms with van der Waals surface area (Å²) in [7, 11) is 0. The molecule has 3 aromatic carbocycles. The van der Waals surface area contributed by atoms with Gasteiger partial charge in [0.2, 0.25) is 0 Å². The van der Waals surface area contributed by atoms with E-state index in [2.05, 4.69) is 28.2 Å². The molecule has 1 heterocycles. The van der Waals surface area contributed by atoms with Gasteiger partial charge in [0.05, 0.1) is 5.56 Å². The molecule has 0 radical (unpaired) electrons. The summed E-state index contributed by atoms with van der Waals surface area (Å²) in [6.45, 7) is 4.35. The van der Waals surface area contributed by atoms with Crippen LogP contribution in [-0.2, 0) is 22.5 Å². The molecule has 0 fully saturated rings. The molecule has 0 aliphatic heterocycles. The summed E-state index contributed by atoms with van der Waals surface area (Å²) in [6.07, 6.45) is 5.82. The predicted molar refractivity (Wildman–Crippen MR) is 144 cm³/mol. The molecule has 1 amide bonds. The van der Waals surface area contributed by atoms with Crippen molar-refractivity contribution in [1.82, 2.24) is 15.4 Å². The number of rotatable bonds is 11. The monoisotopic (exact) mass is 497 g/mol. The van der Waals surface area contributed by atoms with Gasteiger partial charge in [-0.2, -0.15) is 0 Å². The Bertz CT molecular complexity index is 1360. The molecule has 7 heteroatoms. The van der Waals surface area contributed by atoms with Crippen LogP contribution in [0.2, 0.25) is 0 Å². The number of amides is 1. The second-order valence-corrected chi connectivity index (χ2v) is 8.94. The van der Waals surface area contributed by atoms with E-state index in [-0.39, 0.29) is 12.6 Å². The number of benzene rings is 3. The number of carbonyl (C=O) groups excluding carboxylic acids is 2. The van der Waals surface area contributed by atoms with Crippen molar-refractivity contribution in [3.05, 3.63) is 113 Å². The molecule has 0 bridgehead atoms. The molecule has 37 heavy (non-hydrogen) atoms. The first-order valence-electron chi connectivity index (χ1n) is 12.2. The standard InChI is InChI=1S/C30H31N3O4/c1-22-6-13-25(14-7-22)30(35)37-19-18-33(17-16-26-20-31-28-5-3-2-4-27(26)28)21-24-10-8-23(9-11-24)12-15-29(34)32-36/h2-15,20,31,36H,16-19,21H2,1H3,(H,32,34)/b15-12+. The Kier molecular flexibility index (Phi) is 8.86. The van der Waals surface area contributed by atoms with Gasteiger partial charge in [-0.15, -0.1) is 0 Å². The number of hydrogen-bond acceptors (Lipinski definition) is 5. The number of aromatic nitrogens is 1. The van der Waals surface area contributed by atoms with Crippen LogP contribution < -0.4 is 5.48 Å². The maximum Gasteiger partial charge on any atom is 0.338 e. The highest BCUT2D eigenvalue weighted by Gasteiger charge is 2.12. The number of ether oxygens (including phenoxy) is 1. The van der Waals surface area contributed by atoms with Crippen molar-refractivity contribution >= 4 is 28.9 Å². The third kappa shape index (κ3) is 7.39. The van der Waals surface area contributed by atoms with Gasteiger partial charge in [-0.25, -0.2) is 10.3 Å². The van der Waals surface area contributed by atoms with Gasteiger partial charge in [-0.3, -0.25) is 14.9 Å². The summed E-state index contributed by atoms with van der Waals surface area (Å²) in [5.74, 6) is -0.896. The molecule has 3 N–H and O–H groups in total. The van der Waals surface area contributed by atoms with Crippen LogP contribution >= 0.6 is 0 Å². The fraction of sp³-hybridized carbons (Fsp3) is 0.200. The smallest absolute Gasteiger partial charge is 0.338 e. The number of hydroxylamine groups is 1. The van der Waals surface area contributed by atoms with Crippen LogP contribution in [0.15, 0.2) is 85.1 Å². The number of H-pyrrole nitrogens is 1. The van der Waals surface area contributed by atoms with Gasteiger partial charge in [0.1, 0.15) is 6.61 Å². The van der Waals surface area contributed by atoms with E-state index in [4.69, 9.17) is 9.94 Å². The van der Waals surface area contributed by atoms with E-state index >= 15 is 0 Å². The van der Waals surface area contributed by atoms with Crippen molar-refractivity contribution in [2.45, 2.75) is 19.9 Å². The first-order chi connectivity index (χ1) is 18.0. The van der Waals surface area contributed by atoms with Gasteiger partial charge in [0.15, 0.2) is 0 Å². The lowest BCUT2D eigenvalue weighted by atomic mass is 10.1. The molecule has 4 rings (SSSR count). The van der Waals surface area contributed by atoms with Gasteiger partial charge in [0.25, 0.3) is 5.91 Å². The molecule has 0 aliphatic carbocycles. The van der Waals surface area contributed by atoms with E-state index in [0.29, 0.717) is 18.7 Å². The first-order valence-corrected chi connectivity index (χ1v) is 12.2. The van der Waals surface area contributed by atoms with Gasteiger partial charge >= 0.3 is 5.97 Å². The molecule has 0 atom stereocenters. The molecule has 1 aromatic heterocycles. The summed E-state index contributed by atoms with van der Waals surface area (Å²) < 4.78 is 5.57. The summed E-state index contributed by atoms with van der Waals surface area (Å²) in [6, 6.07) is 23.5. The Hall–Kier alpha value is -4.20. The van der Waals surface area contributed by atoms with Gasteiger partial charge in [-0.1, -0.05) is 60.2 Å². The van der Waals surface area contributed by atoms with Crippen LogP contribution in [-0.4, -0.2) is 46.7 Å². The topological polar surface area (TPSA) is 94.7 Å². The lowest BCUT2D eigenvalue weighted by molar-refractivity contribution is -0.124. The number of aryl methyl sites for hydroxylation is 1. The summed E-state index contributed by atoms with van der Waals surface area (Å²) in [5.41, 5.74) is 7.55. The minimum atomic E-state index is -0.576. The molecule has 190 valence electrons. The quantitative estimate of drug-likeness (QED) is 0.119. The van der Waals surface area contributed by atoms with E-state index in [1.165, 1.54) is 17.0 Å². The van der Waals surface area contributed by atoms with Gasteiger partial charge in [0, 0.05) is 42.8 Å². The number of hydrogen-bond donors (Lipinski definition) is 3. The molecule has 0 saturated carbocycles. The van der Waals surface area contributed by atoms with Crippen molar-refractivity contribution in [3.63, 3.8) is 0 Å². The minimum Gasteiger partial charge on any atom is -0.461 e. The van der Waals surface area contributed by atoms with Crippen molar-refractivity contribution < 1.29 is 19.5 Å². The van der Waals surface area contributed by atoms with Crippen molar-refractivity contribution in [1.29, 1.82) is 0 Å². The van der Waals surface area contributed by atoms with E-state index in [9.17, 15) is 9.59 Å². The number of nitrogens with zero attached hydrogens (tertiary/aromatic N) is 1. The molecule has 7 nitrogen and oxygen atoms in total. The normalized spacial score (nSPS) is 11.3. The fourth-order valence-corrected chi connectivity index (χ4v) is 4.13. The average Bonchev–Trinajstić information content (AvgIpc) is 3.34. The zero-order valence-corrected chi connectivity index (χ0v) is 20.8. The largest absolute Gasteiger partial charge is 0.461 e. The lowest BCUT2D eigenvalue weighted by Gasteiger charge is -2.22. The maximum absolute atomic E-state index is 12.5. The zero-order valence-electron chi connectivity index (χ0n) is 20.8. The molecular formula is C30H31N3O4. The molecule has 0 spiro atoms. The molecule has 0 saturated heterocycles. The van der Waals surface area contributed by atoms with Crippen LogP contribution in [0.1, 0.15) is 32.6 Å².